The van der Waals surface area contributed by atoms with Crippen LogP contribution in [0.3, 0.4) is 0 Å². The number of aromatic nitrogens is 5. The zero-order chi connectivity index (χ0) is 15.6. The smallest absolute Gasteiger partial charge is 0.246 e. The molecule has 1 aliphatic rings. The molecule has 7 nitrogen and oxygen atoms in total. The molecule has 3 heterocycles. The summed E-state index contributed by atoms with van der Waals surface area (Å²) < 4.78 is 5.34. The van der Waals surface area contributed by atoms with Gasteiger partial charge in [0.15, 0.2) is 0 Å². The molecular formula is C16H16N6O. The van der Waals surface area contributed by atoms with E-state index in [1.165, 1.54) is 5.56 Å². The van der Waals surface area contributed by atoms with Gasteiger partial charge in [0.25, 0.3) is 0 Å². The minimum absolute atomic E-state index is 0.502. The molecule has 0 saturated carbocycles. The van der Waals surface area contributed by atoms with Crippen molar-refractivity contribution in [2.24, 2.45) is 0 Å². The minimum Gasteiger partial charge on any atom is -0.350 e. The van der Waals surface area contributed by atoms with Crippen LogP contribution in [0, 0.1) is 0 Å². The number of rotatable bonds is 4. The molecule has 7 heteroatoms. The first-order valence-electron chi connectivity index (χ1n) is 7.59. The third-order valence-electron chi connectivity index (χ3n) is 3.95. The van der Waals surface area contributed by atoms with E-state index in [0.717, 1.165) is 30.8 Å². The fraction of sp³-hybridized carbons (Fsp3) is 0.312. The Kier molecular flexibility index (Phi) is 3.45. The van der Waals surface area contributed by atoms with E-state index in [0.29, 0.717) is 24.0 Å². The standard InChI is InChI=1S/C16H16N6O/c1-22(16-11-5-4-7-12(11)18-10-19-16)9-14-20-15(21-23-14)13-6-2-3-8-17-13/h2-3,6,8,10H,4-5,7,9H2,1H3. The molecular weight excluding hydrogens is 292 g/mol. The number of nitrogens with zero attached hydrogens (tertiary/aromatic N) is 6. The van der Waals surface area contributed by atoms with Gasteiger partial charge in [-0.1, -0.05) is 11.2 Å². The van der Waals surface area contributed by atoms with Crippen LogP contribution in [-0.4, -0.2) is 32.1 Å². The van der Waals surface area contributed by atoms with Crippen LogP contribution < -0.4 is 4.90 Å². The molecule has 4 rings (SSSR count). The van der Waals surface area contributed by atoms with Gasteiger partial charge in [-0.05, 0) is 31.4 Å². The second kappa shape index (κ2) is 5.75. The number of aryl methyl sites for hydroxylation is 1. The maximum Gasteiger partial charge on any atom is 0.246 e. The van der Waals surface area contributed by atoms with Gasteiger partial charge in [-0.3, -0.25) is 4.98 Å². The number of hydrogen-bond donors (Lipinski definition) is 0. The number of fused-ring (bicyclic) bond motifs is 1. The van der Waals surface area contributed by atoms with Crippen LogP contribution in [-0.2, 0) is 19.4 Å². The third-order valence-corrected chi connectivity index (χ3v) is 3.95. The molecule has 0 aromatic carbocycles. The summed E-state index contributed by atoms with van der Waals surface area (Å²) in [6.45, 7) is 0.503. The number of anilines is 1. The quantitative estimate of drug-likeness (QED) is 0.729. The highest BCUT2D eigenvalue weighted by Gasteiger charge is 2.20. The van der Waals surface area contributed by atoms with E-state index in [1.54, 1.807) is 12.5 Å². The molecule has 0 saturated heterocycles. The van der Waals surface area contributed by atoms with Crippen LogP contribution in [0.2, 0.25) is 0 Å². The van der Waals surface area contributed by atoms with E-state index < -0.39 is 0 Å². The van der Waals surface area contributed by atoms with Crippen LogP contribution in [0.1, 0.15) is 23.6 Å². The van der Waals surface area contributed by atoms with Crippen LogP contribution >= 0.6 is 0 Å². The van der Waals surface area contributed by atoms with Gasteiger partial charge in [0.2, 0.25) is 11.7 Å². The highest BCUT2D eigenvalue weighted by atomic mass is 16.5. The van der Waals surface area contributed by atoms with Crippen molar-refractivity contribution >= 4 is 5.82 Å². The van der Waals surface area contributed by atoms with Crippen molar-refractivity contribution < 1.29 is 4.52 Å². The molecule has 0 unspecified atom stereocenters. The van der Waals surface area contributed by atoms with Crippen LogP contribution in [0.25, 0.3) is 11.5 Å². The maximum absolute atomic E-state index is 5.34. The van der Waals surface area contributed by atoms with Gasteiger partial charge in [-0.25, -0.2) is 9.97 Å². The first-order chi connectivity index (χ1) is 11.3. The summed E-state index contributed by atoms with van der Waals surface area (Å²) in [5.74, 6) is 1.99. The molecule has 3 aromatic rings. The van der Waals surface area contributed by atoms with E-state index in [1.807, 2.05) is 30.1 Å². The molecule has 0 amide bonds. The largest absolute Gasteiger partial charge is 0.350 e. The summed E-state index contributed by atoms with van der Waals surface area (Å²) >= 11 is 0. The summed E-state index contributed by atoms with van der Waals surface area (Å²) in [6.07, 6.45) is 6.53. The molecule has 0 radical (unpaired) electrons. The van der Waals surface area contributed by atoms with Gasteiger partial charge in [0.1, 0.15) is 17.8 Å². The Bertz CT molecular complexity index is 816. The molecule has 1 aliphatic carbocycles. The van der Waals surface area contributed by atoms with Crippen molar-refractivity contribution in [3.8, 4) is 11.5 Å². The van der Waals surface area contributed by atoms with Crippen molar-refractivity contribution in [3.05, 3.63) is 47.9 Å². The predicted molar refractivity (Wildman–Crippen MR) is 83.7 cm³/mol. The fourth-order valence-electron chi connectivity index (χ4n) is 2.87. The van der Waals surface area contributed by atoms with Gasteiger partial charge in [-0.15, -0.1) is 0 Å². The highest BCUT2D eigenvalue weighted by molar-refractivity contribution is 5.50. The Morgan fingerprint density at radius 3 is 3.00 bits per heavy atom. The van der Waals surface area contributed by atoms with Gasteiger partial charge in [0, 0.05) is 24.5 Å². The average molecular weight is 308 g/mol. The van der Waals surface area contributed by atoms with Crippen molar-refractivity contribution in [3.63, 3.8) is 0 Å². The van der Waals surface area contributed by atoms with Gasteiger partial charge in [-0.2, -0.15) is 4.98 Å². The second-order valence-corrected chi connectivity index (χ2v) is 5.56. The fourth-order valence-corrected chi connectivity index (χ4v) is 2.87. The van der Waals surface area contributed by atoms with Crippen LogP contribution in [0.15, 0.2) is 35.2 Å². The van der Waals surface area contributed by atoms with E-state index in [9.17, 15) is 0 Å². The molecule has 23 heavy (non-hydrogen) atoms. The Hall–Kier alpha value is -2.83. The summed E-state index contributed by atoms with van der Waals surface area (Å²) in [5, 5.41) is 4.00. The topological polar surface area (TPSA) is 80.8 Å². The highest BCUT2D eigenvalue weighted by Crippen LogP contribution is 2.27. The number of pyridine rings is 1. The molecule has 0 spiro atoms. The van der Waals surface area contributed by atoms with Crippen molar-refractivity contribution in [2.75, 3.05) is 11.9 Å². The SMILES string of the molecule is CN(Cc1nc(-c2ccccn2)no1)c1ncnc2c1CCC2. The van der Waals surface area contributed by atoms with Gasteiger partial charge in [0.05, 0.1) is 6.54 Å². The molecule has 0 bridgehead atoms. The van der Waals surface area contributed by atoms with E-state index in [4.69, 9.17) is 4.52 Å². The van der Waals surface area contributed by atoms with Crippen molar-refractivity contribution in [1.29, 1.82) is 0 Å². The monoisotopic (exact) mass is 308 g/mol. The van der Waals surface area contributed by atoms with Crippen LogP contribution in [0.4, 0.5) is 5.82 Å². The van der Waals surface area contributed by atoms with E-state index in [-0.39, 0.29) is 0 Å². The minimum atomic E-state index is 0.502. The van der Waals surface area contributed by atoms with Crippen molar-refractivity contribution in [1.82, 2.24) is 25.1 Å². The molecule has 0 aliphatic heterocycles. The average Bonchev–Trinajstić information content (AvgIpc) is 3.24. The Morgan fingerprint density at radius 1 is 1.17 bits per heavy atom. The Labute approximate surface area is 133 Å². The molecule has 116 valence electrons. The first kappa shape index (κ1) is 13.8. The maximum atomic E-state index is 5.34. The summed E-state index contributed by atoms with van der Waals surface area (Å²) in [4.78, 5) is 19.5. The van der Waals surface area contributed by atoms with Gasteiger partial charge < -0.3 is 9.42 Å². The third kappa shape index (κ3) is 2.65. The lowest BCUT2D eigenvalue weighted by molar-refractivity contribution is 0.378. The molecule has 0 N–H and O–H groups in total. The number of hydrogen-bond acceptors (Lipinski definition) is 7. The lowest BCUT2D eigenvalue weighted by Crippen LogP contribution is -2.20. The Morgan fingerprint density at radius 2 is 2.13 bits per heavy atom. The van der Waals surface area contributed by atoms with Gasteiger partial charge >= 0.3 is 0 Å². The summed E-state index contributed by atoms with van der Waals surface area (Å²) in [6, 6.07) is 5.61. The van der Waals surface area contributed by atoms with Crippen LogP contribution in [0.5, 0.6) is 0 Å². The molecule has 0 atom stereocenters. The lowest BCUT2D eigenvalue weighted by Gasteiger charge is -2.18. The molecule has 0 fully saturated rings. The van der Waals surface area contributed by atoms with Crippen molar-refractivity contribution in [2.45, 2.75) is 25.8 Å². The summed E-state index contributed by atoms with van der Waals surface area (Å²) in [5.41, 5.74) is 3.09. The second-order valence-electron chi connectivity index (χ2n) is 5.56. The van der Waals surface area contributed by atoms with E-state index >= 15 is 0 Å². The molecule has 3 aromatic heterocycles. The first-order valence-corrected chi connectivity index (χ1v) is 7.59. The Balaban J connectivity index is 1.55. The predicted octanol–water partition coefficient (Wildman–Crippen LogP) is 2.05. The zero-order valence-electron chi connectivity index (χ0n) is 12.8. The zero-order valence-corrected chi connectivity index (χ0v) is 12.8. The summed E-state index contributed by atoms with van der Waals surface area (Å²) in [7, 11) is 1.98. The van der Waals surface area contributed by atoms with E-state index in [2.05, 4.69) is 25.1 Å². The lowest BCUT2D eigenvalue weighted by atomic mass is 10.2. The normalized spacial score (nSPS) is 13.1.